The normalized spacial score (nSPS) is 18.0. The molecular weight excluding hydrogens is 124 g/mol. The number of rotatable bonds is 2. The van der Waals surface area contributed by atoms with Crippen molar-refractivity contribution in [2.45, 2.75) is 31.7 Å². The minimum atomic E-state index is 0.496. The van der Waals surface area contributed by atoms with E-state index in [9.17, 15) is 0 Å². The molecule has 1 rings (SSSR count). The van der Waals surface area contributed by atoms with Gasteiger partial charge in [0.25, 0.3) is 0 Å². The van der Waals surface area contributed by atoms with Gasteiger partial charge in [0.1, 0.15) is 0 Å². The monoisotopic (exact) mass is 136 g/mol. The maximum absolute atomic E-state index is 6.67. The van der Waals surface area contributed by atoms with Gasteiger partial charge in [0.05, 0.1) is 6.04 Å². The van der Waals surface area contributed by atoms with Gasteiger partial charge in [-0.05, 0) is 18.7 Å². The molecule has 0 saturated heterocycles. The fourth-order valence-electron chi connectivity index (χ4n) is 1.22. The van der Waals surface area contributed by atoms with E-state index in [0.717, 1.165) is 0 Å². The van der Waals surface area contributed by atoms with Crippen molar-refractivity contribution < 1.29 is 0 Å². The molecule has 0 aromatic carbocycles. The number of hydrogen-bond acceptors (Lipinski definition) is 2. The molecule has 1 fully saturated rings. The summed E-state index contributed by atoms with van der Waals surface area (Å²) >= 11 is 0. The lowest BCUT2D eigenvalue weighted by atomic mass is 10.3. The molecule has 1 aliphatic carbocycles. The van der Waals surface area contributed by atoms with Crippen molar-refractivity contribution in [1.82, 2.24) is 0 Å². The average molecular weight is 136 g/mol. The van der Waals surface area contributed by atoms with Crippen LogP contribution in [0.15, 0.2) is 11.1 Å². The first-order chi connectivity index (χ1) is 4.93. The largest absolute Gasteiger partial charge is 0.308 e. The number of nitrogens with zero attached hydrogens (tertiary/aromatic N) is 1. The second-order valence-corrected chi connectivity index (χ2v) is 2.53. The van der Waals surface area contributed by atoms with Gasteiger partial charge in [-0.15, -0.1) is 0 Å². The van der Waals surface area contributed by atoms with Gasteiger partial charge in [-0.25, -0.2) is 4.99 Å². The van der Waals surface area contributed by atoms with Crippen LogP contribution in [-0.4, -0.2) is 18.1 Å². The molecule has 0 aromatic rings. The summed E-state index contributed by atoms with van der Waals surface area (Å²) in [6, 6.07) is 0.496. The lowest BCUT2D eigenvalue weighted by Gasteiger charge is -1.94. The molecule has 0 atom stereocenters. The summed E-state index contributed by atoms with van der Waals surface area (Å²) in [4.78, 5) is 4.16. The summed E-state index contributed by atoms with van der Waals surface area (Å²) in [7, 11) is 0. The molecule has 0 unspecified atom stereocenters. The van der Waals surface area contributed by atoms with Crippen molar-refractivity contribution in [3.8, 4) is 0 Å². The Hall–Kier alpha value is -0.880. The fraction of sp³-hybridized carbons (Fsp3) is 0.625. The van der Waals surface area contributed by atoms with E-state index in [1.807, 2.05) is 0 Å². The van der Waals surface area contributed by atoms with Gasteiger partial charge in [0.15, 0.2) is 0 Å². The molecule has 0 radical (unpaired) electrons. The number of hydrogen-bond donors (Lipinski definition) is 1. The third-order valence-corrected chi connectivity index (χ3v) is 1.74. The van der Waals surface area contributed by atoms with Crippen LogP contribution in [0.1, 0.15) is 25.7 Å². The van der Waals surface area contributed by atoms with Crippen LogP contribution >= 0.6 is 0 Å². The second kappa shape index (κ2) is 4.02. The summed E-state index contributed by atoms with van der Waals surface area (Å²) < 4.78 is 0. The van der Waals surface area contributed by atoms with Crippen LogP contribution in [0, 0.1) is 5.41 Å². The Morgan fingerprint density at radius 2 is 2.10 bits per heavy atom. The lowest BCUT2D eigenvalue weighted by molar-refractivity contribution is 0.711. The predicted octanol–water partition coefficient (Wildman–Crippen LogP) is 1.80. The van der Waals surface area contributed by atoms with Gasteiger partial charge >= 0.3 is 0 Å². The SMILES string of the molecule is N=CC=C=NC1CCCC1. The highest BCUT2D eigenvalue weighted by molar-refractivity contribution is 5.80. The molecular formula is C8H12N2. The Kier molecular flexibility index (Phi) is 2.91. The molecule has 0 heterocycles. The molecule has 10 heavy (non-hydrogen) atoms. The van der Waals surface area contributed by atoms with Crippen molar-refractivity contribution in [3.63, 3.8) is 0 Å². The van der Waals surface area contributed by atoms with Gasteiger partial charge < -0.3 is 5.41 Å². The van der Waals surface area contributed by atoms with Crippen molar-refractivity contribution in [2.24, 2.45) is 4.99 Å². The Labute approximate surface area is 61.2 Å². The van der Waals surface area contributed by atoms with Crippen LogP contribution in [-0.2, 0) is 0 Å². The summed E-state index contributed by atoms with van der Waals surface area (Å²) in [6.45, 7) is 0. The van der Waals surface area contributed by atoms with Crippen LogP contribution in [0.25, 0.3) is 0 Å². The fourth-order valence-corrected chi connectivity index (χ4v) is 1.22. The van der Waals surface area contributed by atoms with Crippen molar-refractivity contribution >= 4 is 12.1 Å². The van der Waals surface area contributed by atoms with E-state index in [2.05, 4.69) is 10.9 Å². The molecule has 0 bridgehead atoms. The molecule has 0 amide bonds. The zero-order chi connectivity index (χ0) is 7.23. The summed E-state index contributed by atoms with van der Waals surface area (Å²) in [6.07, 6.45) is 7.77. The topological polar surface area (TPSA) is 36.2 Å². The second-order valence-electron chi connectivity index (χ2n) is 2.53. The lowest BCUT2D eigenvalue weighted by Crippen LogP contribution is -1.93. The first kappa shape index (κ1) is 7.23. The van der Waals surface area contributed by atoms with Crippen molar-refractivity contribution in [3.05, 3.63) is 6.08 Å². The Balaban J connectivity index is 2.35. The molecule has 2 heteroatoms. The molecule has 0 aromatic heterocycles. The van der Waals surface area contributed by atoms with Crippen LogP contribution in [0.3, 0.4) is 0 Å². The van der Waals surface area contributed by atoms with Gasteiger partial charge in [-0.3, -0.25) is 0 Å². The minimum absolute atomic E-state index is 0.496. The zero-order valence-electron chi connectivity index (χ0n) is 6.01. The standard InChI is InChI=1S/C8H12N2/c9-6-3-7-10-8-4-1-2-5-8/h3,6,8-9H,1-2,4-5H2. The summed E-state index contributed by atoms with van der Waals surface area (Å²) in [5, 5.41) is 6.67. The van der Waals surface area contributed by atoms with Gasteiger partial charge in [0, 0.05) is 12.3 Å². The minimum Gasteiger partial charge on any atom is -0.308 e. The van der Waals surface area contributed by atoms with E-state index < -0.39 is 0 Å². The molecule has 1 saturated carbocycles. The van der Waals surface area contributed by atoms with Gasteiger partial charge in [0.2, 0.25) is 0 Å². The highest BCUT2D eigenvalue weighted by Crippen LogP contribution is 2.19. The van der Waals surface area contributed by atoms with Crippen LogP contribution < -0.4 is 0 Å². The van der Waals surface area contributed by atoms with Crippen molar-refractivity contribution in [2.75, 3.05) is 0 Å². The number of aliphatic imine (C=N–C) groups is 1. The maximum atomic E-state index is 6.67. The van der Waals surface area contributed by atoms with Crippen molar-refractivity contribution in [1.29, 1.82) is 5.41 Å². The van der Waals surface area contributed by atoms with E-state index in [4.69, 9.17) is 5.41 Å². The molecule has 2 nitrogen and oxygen atoms in total. The average Bonchev–Trinajstić information content (AvgIpc) is 2.41. The Morgan fingerprint density at radius 3 is 2.70 bits per heavy atom. The van der Waals surface area contributed by atoms with E-state index in [1.165, 1.54) is 31.9 Å². The number of nitrogens with one attached hydrogen (secondary N) is 1. The van der Waals surface area contributed by atoms with Crippen LogP contribution in [0.4, 0.5) is 0 Å². The highest BCUT2D eigenvalue weighted by Gasteiger charge is 2.11. The van der Waals surface area contributed by atoms with E-state index >= 15 is 0 Å². The zero-order valence-corrected chi connectivity index (χ0v) is 6.01. The third kappa shape index (κ3) is 2.16. The molecule has 54 valence electrons. The van der Waals surface area contributed by atoms with Gasteiger partial charge in [-0.1, -0.05) is 12.8 Å². The predicted molar refractivity (Wildman–Crippen MR) is 43.0 cm³/mol. The Bertz CT molecular complexity index is 160. The quantitative estimate of drug-likeness (QED) is 0.562. The molecule has 0 spiro atoms. The smallest absolute Gasteiger partial charge is 0.0594 e. The van der Waals surface area contributed by atoms with Gasteiger partial charge in [-0.2, -0.15) is 0 Å². The van der Waals surface area contributed by atoms with E-state index in [1.54, 1.807) is 6.08 Å². The highest BCUT2D eigenvalue weighted by atomic mass is 14.8. The Morgan fingerprint density at radius 1 is 1.40 bits per heavy atom. The molecule has 1 aliphatic rings. The van der Waals surface area contributed by atoms with Crippen LogP contribution in [0.5, 0.6) is 0 Å². The first-order valence-electron chi connectivity index (χ1n) is 3.71. The molecule has 1 N–H and O–H groups in total. The number of allylic oxidation sites excluding steroid dienone is 1. The third-order valence-electron chi connectivity index (χ3n) is 1.74. The summed E-state index contributed by atoms with van der Waals surface area (Å²) in [5.41, 5.74) is 0. The first-order valence-corrected chi connectivity index (χ1v) is 3.71. The maximum Gasteiger partial charge on any atom is 0.0594 e. The summed E-state index contributed by atoms with van der Waals surface area (Å²) in [5.74, 6) is 2.73. The van der Waals surface area contributed by atoms with E-state index in [0.29, 0.717) is 6.04 Å². The molecule has 0 aliphatic heterocycles. The van der Waals surface area contributed by atoms with E-state index in [-0.39, 0.29) is 0 Å². The van der Waals surface area contributed by atoms with Crippen LogP contribution in [0.2, 0.25) is 0 Å².